The fourth-order valence-electron chi connectivity index (χ4n) is 0.743. The minimum absolute atomic E-state index is 0.184. The Labute approximate surface area is 52.9 Å². The zero-order valence-corrected chi connectivity index (χ0v) is 4.89. The third-order valence-electron chi connectivity index (χ3n) is 1.25. The highest BCUT2D eigenvalue weighted by Gasteiger charge is 2.09. The molecule has 9 heavy (non-hydrogen) atoms. The first-order valence-electron chi connectivity index (χ1n) is 2.79. The average Bonchev–Trinajstić information content (AvgIpc) is 1.89. The minimum atomic E-state index is -0.184. The van der Waals surface area contributed by atoms with Crippen LogP contribution >= 0.6 is 0 Å². The van der Waals surface area contributed by atoms with Gasteiger partial charge in [-0.05, 0) is 18.9 Å². The van der Waals surface area contributed by atoms with Gasteiger partial charge in [0, 0.05) is 0 Å². The van der Waals surface area contributed by atoms with Crippen molar-refractivity contribution >= 4 is 11.7 Å². The van der Waals surface area contributed by atoms with Crippen molar-refractivity contribution in [2.24, 2.45) is 0 Å². The zero-order valence-electron chi connectivity index (χ0n) is 4.89. The molecule has 0 aromatic rings. The lowest BCUT2D eigenvalue weighted by Gasteiger charge is -1.99. The van der Waals surface area contributed by atoms with Gasteiger partial charge in [-0.25, -0.2) is 4.79 Å². The molecule has 0 aromatic heterocycles. The molecule has 0 radical (unpaired) electrons. The molecule has 46 valence electrons. The Kier molecular flexibility index (Phi) is 1.61. The van der Waals surface area contributed by atoms with E-state index in [0.29, 0.717) is 6.42 Å². The number of hydrogen-bond donors (Lipinski definition) is 0. The Bertz CT molecular complexity index is 207. The summed E-state index contributed by atoms with van der Waals surface area (Å²) in [6.45, 7) is 0. The summed E-state index contributed by atoms with van der Waals surface area (Å²) in [4.78, 5) is 20.6. The first-order valence-corrected chi connectivity index (χ1v) is 2.79. The van der Waals surface area contributed by atoms with Crippen LogP contribution in [0.2, 0.25) is 0 Å². The van der Waals surface area contributed by atoms with Gasteiger partial charge < -0.3 is 0 Å². The van der Waals surface area contributed by atoms with E-state index in [1.807, 2.05) is 0 Å². The maximum atomic E-state index is 10.6. The van der Waals surface area contributed by atoms with Crippen LogP contribution in [0.1, 0.15) is 12.8 Å². The van der Waals surface area contributed by atoms with Gasteiger partial charge in [-0.3, -0.25) is 4.79 Å². The van der Waals surface area contributed by atoms with Gasteiger partial charge in [-0.15, -0.1) is 0 Å². The molecule has 2 heteroatoms. The molecular formula is C7H6O2. The smallest absolute Gasteiger partial charge is 0.192 e. The standard InChI is InChI=1S/C7H6O2/c8-5-6-3-1-2-4-7(6)9/h2,4H,1,3H2. The molecule has 0 aromatic carbocycles. The lowest BCUT2D eigenvalue weighted by atomic mass is 10.0. The van der Waals surface area contributed by atoms with Crippen molar-refractivity contribution in [3.8, 4) is 0 Å². The van der Waals surface area contributed by atoms with Crippen molar-refractivity contribution in [3.63, 3.8) is 0 Å². The summed E-state index contributed by atoms with van der Waals surface area (Å²) in [5, 5.41) is 0. The summed E-state index contributed by atoms with van der Waals surface area (Å²) in [7, 11) is 0. The van der Waals surface area contributed by atoms with Crippen LogP contribution < -0.4 is 0 Å². The molecule has 0 spiro atoms. The average molecular weight is 122 g/mol. The second-order valence-electron chi connectivity index (χ2n) is 1.89. The van der Waals surface area contributed by atoms with Crippen LogP contribution in [0.25, 0.3) is 0 Å². The van der Waals surface area contributed by atoms with Crippen molar-refractivity contribution in [3.05, 3.63) is 17.7 Å². The summed E-state index contributed by atoms with van der Waals surface area (Å²) in [5.74, 6) is 1.44. The summed E-state index contributed by atoms with van der Waals surface area (Å²) >= 11 is 0. The normalized spacial score (nSPS) is 17.8. The molecule has 0 saturated carbocycles. The van der Waals surface area contributed by atoms with Crippen molar-refractivity contribution in [2.75, 3.05) is 0 Å². The van der Waals surface area contributed by atoms with Crippen molar-refractivity contribution in [1.29, 1.82) is 0 Å². The van der Waals surface area contributed by atoms with Gasteiger partial charge in [-0.2, -0.15) is 0 Å². The third-order valence-corrected chi connectivity index (χ3v) is 1.25. The number of carbonyl (C=O) groups is 1. The molecule has 0 fully saturated rings. The fraction of sp³-hybridized carbons (Fsp3) is 0.286. The maximum Gasteiger partial charge on any atom is 0.192 e. The second-order valence-corrected chi connectivity index (χ2v) is 1.89. The zero-order chi connectivity index (χ0) is 6.69. The summed E-state index contributed by atoms with van der Waals surface area (Å²) in [5.41, 5.74) is 0.275. The SMILES string of the molecule is O=C=C1CCC=CC1=O. The third kappa shape index (κ3) is 1.15. The molecule has 1 aliphatic rings. The first kappa shape index (κ1) is 5.99. The fourth-order valence-corrected chi connectivity index (χ4v) is 0.743. The molecule has 1 rings (SSSR count). The van der Waals surface area contributed by atoms with Crippen LogP contribution in [0, 0.1) is 0 Å². The molecular weight excluding hydrogens is 116 g/mol. The van der Waals surface area contributed by atoms with E-state index in [1.165, 1.54) is 6.08 Å². The number of hydrogen-bond acceptors (Lipinski definition) is 2. The Balaban J connectivity index is 2.91. The Morgan fingerprint density at radius 3 is 2.78 bits per heavy atom. The number of ketones is 1. The van der Waals surface area contributed by atoms with E-state index < -0.39 is 0 Å². The van der Waals surface area contributed by atoms with E-state index in [4.69, 9.17) is 0 Å². The first-order chi connectivity index (χ1) is 4.34. The predicted octanol–water partition coefficient (Wildman–Crippen LogP) is 0.663. The van der Waals surface area contributed by atoms with E-state index >= 15 is 0 Å². The molecule has 0 unspecified atom stereocenters. The van der Waals surface area contributed by atoms with Crippen LogP contribution in [0.5, 0.6) is 0 Å². The molecule has 0 amide bonds. The van der Waals surface area contributed by atoms with Crippen LogP contribution in [-0.4, -0.2) is 11.7 Å². The molecule has 0 bridgehead atoms. The van der Waals surface area contributed by atoms with E-state index in [0.717, 1.165) is 6.42 Å². The molecule has 0 atom stereocenters. The number of rotatable bonds is 0. The lowest BCUT2D eigenvalue weighted by molar-refractivity contribution is -0.111. The van der Waals surface area contributed by atoms with Crippen LogP contribution in [0.3, 0.4) is 0 Å². The molecule has 1 aliphatic carbocycles. The van der Waals surface area contributed by atoms with Crippen LogP contribution in [-0.2, 0) is 9.59 Å². The van der Waals surface area contributed by atoms with Gasteiger partial charge in [0.2, 0.25) is 0 Å². The molecule has 0 N–H and O–H groups in total. The van der Waals surface area contributed by atoms with Crippen molar-refractivity contribution < 1.29 is 9.59 Å². The Morgan fingerprint density at radius 1 is 1.56 bits per heavy atom. The summed E-state index contributed by atoms with van der Waals surface area (Å²) in [6.07, 6.45) is 4.53. The second kappa shape index (κ2) is 2.42. The highest BCUT2D eigenvalue weighted by atomic mass is 16.1. The van der Waals surface area contributed by atoms with Crippen LogP contribution in [0.4, 0.5) is 0 Å². The number of allylic oxidation sites excluding steroid dienone is 3. The monoisotopic (exact) mass is 122 g/mol. The number of carbonyl (C=O) groups excluding carboxylic acids is 2. The van der Waals surface area contributed by atoms with E-state index in [-0.39, 0.29) is 11.4 Å². The lowest BCUT2D eigenvalue weighted by Crippen LogP contribution is -2.02. The Hall–Kier alpha value is -1.14. The highest BCUT2D eigenvalue weighted by molar-refractivity contribution is 6.09. The van der Waals surface area contributed by atoms with Crippen LogP contribution in [0.15, 0.2) is 17.7 Å². The van der Waals surface area contributed by atoms with Gasteiger partial charge in [-0.1, -0.05) is 6.08 Å². The largest absolute Gasteiger partial charge is 0.289 e. The minimum Gasteiger partial charge on any atom is -0.289 e. The van der Waals surface area contributed by atoms with E-state index in [1.54, 1.807) is 12.0 Å². The molecule has 0 saturated heterocycles. The summed E-state index contributed by atoms with van der Waals surface area (Å²) < 4.78 is 0. The highest BCUT2D eigenvalue weighted by Crippen LogP contribution is 2.09. The van der Waals surface area contributed by atoms with Gasteiger partial charge in [0.15, 0.2) is 5.78 Å². The predicted molar refractivity (Wildman–Crippen MR) is 32.6 cm³/mol. The maximum absolute atomic E-state index is 10.6. The van der Waals surface area contributed by atoms with Crippen molar-refractivity contribution in [1.82, 2.24) is 0 Å². The summed E-state index contributed by atoms with van der Waals surface area (Å²) in [6, 6.07) is 0. The van der Waals surface area contributed by atoms with E-state index in [9.17, 15) is 9.59 Å². The van der Waals surface area contributed by atoms with E-state index in [2.05, 4.69) is 0 Å². The Morgan fingerprint density at radius 2 is 2.33 bits per heavy atom. The molecule has 0 aliphatic heterocycles. The van der Waals surface area contributed by atoms with Crippen molar-refractivity contribution in [2.45, 2.75) is 12.8 Å². The van der Waals surface area contributed by atoms with Gasteiger partial charge in [0.25, 0.3) is 0 Å². The molecule has 2 nitrogen and oxygen atoms in total. The van der Waals surface area contributed by atoms with Gasteiger partial charge >= 0.3 is 0 Å². The quantitative estimate of drug-likeness (QED) is 0.349. The molecule has 0 heterocycles. The topological polar surface area (TPSA) is 34.1 Å². The van der Waals surface area contributed by atoms with Gasteiger partial charge in [0.05, 0.1) is 5.57 Å². The van der Waals surface area contributed by atoms with Gasteiger partial charge in [0.1, 0.15) is 5.94 Å².